The smallest absolute Gasteiger partial charge is 0.193 e. The fourth-order valence-electron chi connectivity index (χ4n) is 1.95. The number of hydrogen-bond donors (Lipinski definition) is 0. The van der Waals surface area contributed by atoms with E-state index in [0.29, 0.717) is 17.7 Å². The van der Waals surface area contributed by atoms with Gasteiger partial charge in [0, 0.05) is 18.2 Å². The lowest BCUT2D eigenvalue weighted by Crippen LogP contribution is -2.03. The lowest BCUT2D eigenvalue weighted by atomic mass is 9.99. The maximum absolute atomic E-state index is 13.1. The second-order valence-corrected chi connectivity index (χ2v) is 4.41. The summed E-state index contributed by atoms with van der Waals surface area (Å²) in [6.07, 6.45) is 0. The molecule has 0 heterocycles. The molecular formula is C16H15FO2. The first-order valence-corrected chi connectivity index (χ1v) is 6.00. The molecule has 2 aromatic carbocycles. The van der Waals surface area contributed by atoms with Gasteiger partial charge >= 0.3 is 0 Å². The van der Waals surface area contributed by atoms with E-state index in [4.69, 9.17) is 4.74 Å². The number of rotatable bonds is 4. The van der Waals surface area contributed by atoms with Crippen molar-refractivity contribution in [3.8, 4) is 0 Å². The van der Waals surface area contributed by atoms with Crippen LogP contribution in [-0.2, 0) is 11.3 Å². The molecule has 0 radical (unpaired) electrons. The van der Waals surface area contributed by atoms with Crippen LogP contribution in [0.15, 0.2) is 42.5 Å². The van der Waals surface area contributed by atoms with Crippen molar-refractivity contribution in [3.63, 3.8) is 0 Å². The van der Waals surface area contributed by atoms with Crippen LogP contribution in [0.4, 0.5) is 4.39 Å². The molecule has 0 N–H and O–H groups in total. The van der Waals surface area contributed by atoms with E-state index in [1.807, 2.05) is 19.1 Å². The highest BCUT2D eigenvalue weighted by Crippen LogP contribution is 2.16. The van der Waals surface area contributed by atoms with Crippen LogP contribution in [0.5, 0.6) is 0 Å². The molecule has 0 aromatic heterocycles. The Morgan fingerprint density at radius 3 is 2.53 bits per heavy atom. The third kappa shape index (κ3) is 3.06. The van der Waals surface area contributed by atoms with Gasteiger partial charge < -0.3 is 4.74 Å². The fourth-order valence-corrected chi connectivity index (χ4v) is 1.95. The van der Waals surface area contributed by atoms with Crippen molar-refractivity contribution < 1.29 is 13.9 Å². The molecular weight excluding hydrogens is 243 g/mol. The number of hydrogen-bond acceptors (Lipinski definition) is 2. The number of carbonyl (C=O) groups excluding carboxylic acids is 1. The number of ketones is 1. The molecule has 2 nitrogen and oxygen atoms in total. The lowest BCUT2D eigenvalue weighted by Gasteiger charge is -2.07. The number of halogens is 1. The van der Waals surface area contributed by atoms with Crippen molar-refractivity contribution in [3.05, 3.63) is 70.5 Å². The largest absolute Gasteiger partial charge is 0.380 e. The zero-order valence-corrected chi connectivity index (χ0v) is 10.9. The first-order valence-electron chi connectivity index (χ1n) is 6.00. The predicted octanol–water partition coefficient (Wildman–Crippen LogP) is 3.51. The average molecular weight is 258 g/mol. The molecule has 0 spiro atoms. The van der Waals surface area contributed by atoms with Gasteiger partial charge in [-0.1, -0.05) is 24.3 Å². The van der Waals surface area contributed by atoms with Gasteiger partial charge in [-0.25, -0.2) is 4.39 Å². The molecule has 0 aliphatic rings. The third-order valence-electron chi connectivity index (χ3n) is 2.99. The maximum Gasteiger partial charge on any atom is 0.193 e. The Morgan fingerprint density at radius 1 is 1.16 bits per heavy atom. The summed E-state index contributed by atoms with van der Waals surface area (Å²) in [5.74, 6) is -0.579. The van der Waals surface area contributed by atoms with Gasteiger partial charge in [0.2, 0.25) is 0 Å². The van der Waals surface area contributed by atoms with Crippen LogP contribution < -0.4 is 0 Å². The van der Waals surface area contributed by atoms with E-state index in [1.54, 1.807) is 19.2 Å². The van der Waals surface area contributed by atoms with Crippen molar-refractivity contribution in [1.29, 1.82) is 0 Å². The predicted molar refractivity (Wildman–Crippen MR) is 71.7 cm³/mol. The van der Waals surface area contributed by atoms with Crippen molar-refractivity contribution in [2.24, 2.45) is 0 Å². The zero-order valence-electron chi connectivity index (χ0n) is 10.9. The third-order valence-corrected chi connectivity index (χ3v) is 2.99. The normalized spacial score (nSPS) is 10.5. The molecule has 3 heteroatoms. The zero-order chi connectivity index (χ0) is 13.8. The minimum atomic E-state index is -0.404. The van der Waals surface area contributed by atoms with Crippen molar-refractivity contribution >= 4 is 5.78 Å². The maximum atomic E-state index is 13.1. The van der Waals surface area contributed by atoms with E-state index in [-0.39, 0.29) is 5.78 Å². The van der Waals surface area contributed by atoms with Gasteiger partial charge in [-0.15, -0.1) is 0 Å². The van der Waals surface area contributed by atoms with E-state index < -0.39 is 5.82 Å². The standard InChI is InChI=1S/C16H15FO2/c1-11-8-13(6-7-14(11)10-19-2)16(18)12-4-3-5-15(17)9-12/h3-9H,10H2,1-2H3. The van der Waals surface area contributed by atoms with E-state index in [2.05, 4.69) is 0 Å². The van der Waals surface area contributed by atoms with Gasteiger partial charge in [0.15, 0.2) is 5.78 Å². The molecule has 0 saturated heterocycles. The molecule has 0 atom stereocenters. The summed E-state index contributed by atoms with van der Waals surface area (Å²) in [5, 5.41) is 0. The van der Waals surface area contributed by atoms with Crippen molar-refractivity contribution in [2.45, 2.75) is 13.5 Å². The van der Waals surface area contributed by atoms with Crippen molar-refractivity contribution in [1.82, 2.24) is 0 Å². The highest BCUT2D eigenvalue weighted by atomic mass is 19.1. The van der Waals surface area contributed by atoms with E-state index in [1.165, 1.54) is 18.2 Å². The molecule has 0 unspecified atom stereocenters. The van der Waals surface area contributed by atoms with Gasteiger partial charge in [0.1, 0.15) is 5.82 Å². The summed E-state index contributed by atoms with van der Waals surface area (Å²) in [6.45, 7) is 2.44. The van der Waals surface area contributed by atoms with Crippen LogP contribution in [-0.4, -0.2) is 12.9 Å². The summed E-state index contributed by atoms with van der Waals surface area (Å²) in [6, 6.07) is 11.1. The van der Waals surface area contributed by atoms with E-state index in [9.17, 15) is 9.18 Å². The van der Waals surface area contributed by atoms with Crippen LogP contribution in [0.2, 0.25) is 0 Å². The molecule has 0 saturated carbocycles. The molecule has 0 bridgehead atoms. The summed E-state index contributed by atoms with van der Waals surface area (Å²) in [7, 11) is 1.63. The topological polar surface area (TPSA) is 26.3 Å². The number of benzene rings is 2. The SMILES string of the molecule is COCc1ccc(C(=O)c2cccc(F)c2)cc1C. The minimum absolute atomic E-state index is 0.174. The molecule has 2 rings (SSSR count). The fraction of sp³-hybridized carbons (Fsp3) is 0.188. The van der Waals surface area contributed by atoms with Crippen LogP contribution in [0, 0.1) is 12.7 Å². The molecule has 0 fully saturated rings. The second kappa shape index (κ2) is 5.76. The van der Waals surface area contributed by atoms with Gasteiger partial charge in [-0.3, -0.25) is 4.79 Å². The van der Waals surface area contributed by atoms with Gasteiger partial charge in [-0.2, -0.15) is 0 Å². The van der Waals surface area contributed by atoms with Gasteiger partial charge in [-0.05, 0) is 36.2 Å². The van der Waals surface area contributed by atoms with Gasteiger partial charge in [0.05, 0.1) is 6.61 Å². The first-order chi connectivity index (χ1) is 9.11. The molecule has 0 aliphatic heterocycles. The molecule has 2 aromatic rings. The summed E-state index contributed by atoms with van der Waals surface area (Å²) >= 11 is 0. The molecule has 0 aliphatic carbocycles. The number of methoxy groups -OCH3 is 1. The summed E-state index contributed by atoms with van der Waals surface area (Å²) in [5.41, 5.74) is 2.95. The highest BCUT2D eigenvalue weighted by Gasteiger charge is 2.11. The van der Waals surface area contributed by atoms with Crippen molar-refractivity contribution in [2.75, 3.05) is 7.11 Å². The number of aryl methyl sites for hydroxylation is 1. The highest BCUT2D eigenvalue weighted by molar-refractivity contribution is 6.09. The van der Waals surface area contributed by atoms with Crippen LogP contribution in [0.3, 0.4) is 0 Å². The second-order valence-electron chi connectivity index (χ2n) is 4.41. The Hall–Kier alpha value is -2.00. The number of carbonyl (C=O) groups is 1. The van der Waals surface area contributed by atoms with Gasteiger partial charge in [0.25, 0.3) is 0 Å². The number of ether oxygens (including phenoxy) is 1. The Kier molecular flexibility index (Phi) is 4.07. The van der Waals surface area contributed by atoms with E-state index >= 15 is 0 Å². The molecule has 0 amide bonds. The monoisotopic (exact) mass is 258 g/mol. The Balaban J connectivity index is 2.32. The van der Waals surface area contributed by atoms with Crippen LogP contribution in [0.25, 0.3) is 0 Å². The summed E-state index contributed by atoms with van der Waals surface area (Å²) < 4.78 is 18.2. The Morgan fingerprint density at radius 2 is 1.89 bits per heavy atom. The first kappa shape index (κ1) is 13.4. The minimum Gasteiger partial charge on any atom is -0.380 e. The molecule has 98 valence electrons. The average Bonchev–Trinajstić information content (AvgIpc) is 2.40. The Labute approximate surface area is 111 Å². The van der Waals surface area contributed by atoms with Crippen LogP contribution in [0.1, 0.15) is 27.0 Å². The Bertz CT molecular complexity index is 605. The quantitative estimate of drug-likeness (QED) is 0.784. The van der Waals surface area contributed by atoms with E-state index in [0.717, 1.165) is 11.1 Å². The molecule has 19 heavy (non-hydrogen) atoms. The lowest BCUT2D eigenvalue weighted by molar-refractivity contribution is 0.103. The van der Waals surface area contributed by atoms with Crippen LogP contribution >= 0.6 is 0 Å². The summed E-state index contributed by atoms with van der Waals surface area (Å²) in [4.78, 5) is 12.2.